The molecule has 0 bridgehead atoms. The first-order valence-electron chi connectivity index (χ1n) is 10.1. The zero-order valence-electron chi connectivity index (χ0n) is 17.5. The Hall–Kier alpha value is -2.67. The summed E-state index contributed by atoms with van der Waals surface area (Å²) in [6.07, 6.45) is 0. The molecule has 0 spiro atoms. The molecule has 0 radical (unpaired) electrons. The Bertz CT molecular complexity index is 901. The third kappa shape index (κ3) is 4.19. The third-order valence-corrected chi connectivity index (χ3v) is 5.77. The number of carbonyl (C=O) groups excluding carboxylic acids is 2. The summed E-state index contributed by atoms with van der Waals surface area (Å²) in [5.41, 5.74) is 2.82. The van der Waals surface area contributed by atoms with Crippen LogP contribution in [0.25, 0.3) is 0 Å². The van der Waals surface area contributed by atoms with Gasteiger partial charge in [0.2, 0.25) is 5.78 Å². The van der Waals surface area contributed by atoms with Gasteiger partial charge in [0.15, 0.2) is 6.04 Å². The molecule has 0 amide bonds. The molecule has 1 aliphatic rings. The number of halogens is 1. The van der Waals surface area contributed by atoms with E-state index in [4.69, 9.17) is 4.74 Å². The number of piperazine rings is 1. The van der Waals surface area contributed by atoms with Gasteiger partial charge < -0.3 is 19.5 Å². The molecule has 2 heterocycles. The van der Waals surface area contributed by atoms with Crippen LogP contribution in [-0.2, 0) is 4.74 Å². The van der Waals surface area contributed by atoms with Gasteiger partial charge in [0, 0.05) is 5.69 Å². The van der Waals surface area contributed by atoms with Gasteiger partial charge in [-0.2, -0.15) is 0 Å². The van der Waals surface area contributed by atoms with Gasteiger partial charge in [-0.3, -0.25) is 4.79 Å². The number of aromatic nitrogens is 1. The molecule has 1 atom stereocenters. The van der Waals surface area contributed by atoms with E-state index in [-0.39, 0.29) is 17.6 Å². The highest BCUT2D eigenvalue weighted by Crippen LogP contribution is 2.21. The predicted octanol–water partition coefficient (Wildman–Crippen LogP) is 1.92. The number of Topliss-reactive ketones (excluding diaryl/α,β-unsaturated/α-hetero) is 1. The van der Waals surface area contributed by atoms with Crippen molar-refractivity contribution in [3.8, 4) is 0 Å². The van der Waals surface area contributed by atoms with Crippen LogP contribution in [0.15, 0.2) is 24.3 Å². The van der Waals surface area contributed by atoms with E-state index in [2.05, 4.69) is 4.98 Å². The minimum Gasteiger partial charge on any atom is -0.462 e. The second-order valence-electron chi connectivity index (χ2n) is 7.53. The number of ether oxygens (including phenoxy) is 1. The highest BCUT2D eigenvalue weighted by Gasteiger charge is 2.33. The molecule has 1 aliphatic heterocycles. The lowest BCUT2D eigenvalue weighted by Crippen LogP contribution is -3.18. The van der Waals surface area contributed by atoms with Crippen molar-refractivity contribution in [1.29, 1.82) is 0 Å². The first-order valence-corrected chi connectivity index (χ1v) is 10.1. The summed E-state index contributed by atoms with van der Waals surface area (Å²) in [5.74, 6) is -0.643. The Kier molecular flexibility index (Phi) is 6.37. The summed E-state index contributed by atoms with van der Waals surface area (Å²) in [6, 6.07) is 6.52. The fourth-order valence-corrected chi connectivity index (χ4v) is 4.08. The van der Waals surface area contributed by atoms with Gasteiger partial charge >= 0.3 is 5.97 Å². The van der Waals surface area contributed by atoms with E-state index in [0.717, 1.165) is 18.0 Å². The largest absolute Gasteiger partial charge is 0.462 e. The number of hydrogen-bond donors (Lipinski definition) is 2. The molecule has 0 aliphatic carbocycles. The summed E-state index contributed by atoms with van der Waals surface area (Å²) in [5, 5.41) is 0. The van der Waals surface area contributed by atoms with Crippen molar-refractivity contribution in [3.63, 3.8) is 0 Å². The van der Waals surface area contributed by atoms with E-state index in [1.54, 1.807) is 32.9 Å². The normalized spacial score (nSPS) is 16.0. The molecule has 3 rings (SSSR count). The number of esters is 1. The Balaban J connectivity index is 1.70. The van der Waals surface area contributed by atoms with Gasteiger partial charge in [-0.05, 0) is 45.4 Å². The van der Waals surface area contributed by atoms with Gasteiger partial charge in [0.05, 0.1) is 49.7 Å². The Morgan fingerprint density at radius 1 is 1.24 bits per heavy atom. The maximum absolute atomic E-state index is 14.0. The summed E-state index contributed by atoms with van der Waals surface area (Å²) in [4.78, 5) is 31.6. The molecule has 6 nitrogen and oxygen atoms in total. The maximum atomic E-state index is 14.0. The Morgan fingerprint density at radius 2 is 1.90 bits per heavy atom. The second kappa shape index (κ2) is 8.78. The highest BCUT2D eigenvalue weighted by molar-refractivity contribution is 6.03. The second-order valence-corrected chi connectivity index (χ2v) is 7.53. The number of quaternary nitrogens is 1. The lowest BCUT2D eigenvalue weighted by Gasteiger charge is -2.36. The molecule has 1 aromatic carbocycles. The van der Waals surface area contributed by atoms with Gasteiger partial charge in [-0.15, -0.1) is 0 Å². The molecule has 1 aromatic heterocycles. The average Bonchev–Trinajstić information content (AvgIpc) is 3.01. The zero-order valence-corrected chi connectivity index (χ0v) is 17.5. The average molecular weight is 402 g/mol. The number of hydrogen-bond acceptors (Lipinski definition) is 4. The van der Waals surface area contributed by atoms with Crippen LogP contribution in [0.5, 0.6) is 0 Å². The molecule has 29 heavy (non-hydrogen) atoms. The van der Waals surface area contributed by atoms with Gasteiger partial charge in [-0.1, -0.05) is 12.1 Å². The number of rotatable bonds is 6. The fourth-order valence-electron chi connectivity index (χ4n) is 4.08. The van der Waals surface area contributed by atoms with Crippen molar-refractivity contribution in [3.05, 3.63) is 52.6 Å². The summed E-state index contributed by atoms with van der Waals surface area (Å²) < 4.78 is 19.2. The van der Waals surface area contributed by atoms with Crippen LogP contribution < -0.4 is 9.80 Å². The molecule has 1 fully saturated rings. The van der Waals surface area contributed by atoms with E-state index >= 15 is 0 Å². The zero-order chi connectivity index (χ0) is 21.1. The first kappa shape index (κ1) is 21.0. The number of nitrogens with zero attached hydrogens (tertiary/aromatic N) is 1. The van der Waals surface area contributed by atoms with E-state index in [1.165, 1.54) is 6.07 Å². The van der Waals surface area contributed by atoms with Crippen LogP contribution in [0.4, 0.5) is 10.1 Å². The lowest BCUT2D eigenvalue weighted by atomic mass is 10.0. The number of aryl methyl sites for hydroxylation is 1. The Morgan fingerprint density at radius 3 is 2.52 bits per heavy atom. The lowest BCUT2D eigenvalue weighted by molar-refractivity contribution is -0.914. The van der Waals surface area contributed by atoms with Crippen LogP contribution >= 0.6 is 0 Å². The maximum Gasteiger partial charge on any atom is 0.340 e. The number of aromatic amines is 1. The summed E-state index contributed by atoms with van der Waals surface area (Å²) >= 11 is 0. The SMILES string of the molecule is CCOC(=O)c1c(C)[nH]c(C(=O)[C@@H](C)[NH+]2CCN(c3ccccc3F)CC2)c1C. The highest BCUT2D eigenvalue weighted by atomic mass is 19.1. The van der Waals surface area contributed by atoms with Gasteiger partial charge in [0.25, 0.3) is 0 Å². The van der Waals surface area contributed by atoms with Crippen LogP contribution in [0.2, 0.25) is 0 Å². The van der Waals surface area contributed by atoms with Crippen LogP contribution in [-0.4, -0.2) is 55.6 Å². The van der Waals surface area contributed by atoms with Crippen molar-refractivity contribution in [2.75, 3.05) is 37.7 Å². The van der Waals surface area contributed by atoms with Crippen molar-refractivity contribution in [1.82, 2.24) is 4.98 Å². The Labute approximate surface area is 170 Å². The molecule has 0 saturated carbocycles. The number of benzene rings is 1. The summed E-state index contributed by atoms with van der Waals surface area (Å²) in [6.45, 7) is 10.4. The molecule has 156 valence electrons. The smallest absolute Gasteiger partial charge is 0.340 e. The molecular weight excluding hydrogens is 373 g/mol. The van der Waals surface area contributed by atoms with Crippen molar-refractivity contribution < 1.29 is 23.6 Å². The standard InChI is InChI=1S/C22H28FN3O3/c1-5-29-22(28)19-14(2)20(24-15(19)3)21(27)16(4)25-10-12-26(13-11-25)18-9-7-6-8-17(18)23/h6-9,16,24H,5,10-13H2,1-4H3/p+1/t16-/m1/s1. The van der Waals surface area contributed by atoms with Gasteiger partial charge in [0.1, 0.15) is 5.82 Å². The fraction of sp³-hybridized carbons (Fsp3) is 0.455. The number of ketones is 1. The van der Waals surface area contributed by atoms with E-state index in [0.29, 0.717) is 47.9 Å². The molecule has 1 saturated heterocycles. The van der Waals surface area contributed by atoms with Crippen LogP contribution in [0.1, 0.15) is 46.0 Å². The molecular formula is C22H29FN3O3+. The number of nitrogens with one attached hydrogen (secondary N) is 2. The molecule has 2 N–H and O–H groups in total. The van der Waals surface area contributed by atoms with Crippen LogP contribution in [0.3, 0.4) is 0 Å². The molecule has 7 heteroatoms. The third-order valence-electron chi connectivity index (χ3n) is 5.77. The minimum atomic E-state index is -0.406. The van der Waals surface area contributed by atoms with E-state index < -0.39 is 5.97 Å². The number of carbonyl (C=O) groups is 2. The topological polar surface area (TPSA) is 66.8 Å². The molecule has 0 unspecified atom stereocenters. The molecule has 2 aromatic rings. The number of para-hydroxylation sites is 1. The summed E-state index contributed by atoms with van der Waals surface area (Å²) in [7, 11) is 0. The minimum absolute atomic E-state index is 0.0181. The first-order chi connectivity index (χ1) is 13.8. The quantitative estimate of drug-likeness (QED) is 0.572. The number of H-pyrrole nitrogens is 1. The number of anilines is 1. The van der Waals surface area contributed by atoms with Gasteiger partial charge in [-0.25, -0.2) is 9.18 Å². The monoisotopic (exact) mass is 402 g/mol. The van der Waals surface area contributed by atoms with Crippen molar-refractivity contribution in [2.45, 2.75) is 33.7 Å². The van der Waals surface area contributed by atoms with E-state index in [1.807, 2.05) is 17.9 Å². The van der Waals surface area contributed by atoms with Crippen molar-refractivity contribution >= 4 is 17.4 Å². The van der Waals surface area contributed by atoms with E-state index in [9.17, 15) is 14.0 Å². The predicted molar refractivity (Wildman–Crippen MR) is 109 cm³/mol. The van der Waals surface area contributed by atoms with Crippen molar-refractivity contribution in [2.24, 2.45) is 0 Å². The van der Waals surface area contributed by atoms with Crippen LogP contribution in [0, 0.1) is 19.7 Å².